The van der Waals surface area contributed by atoms with Gasteiger partial charge in [0.15, 0.2) is 0 Å². The third-order valence-electron chi connectivity index (χ3n) is 2.42. The van der Waals surface area contributed by atoms with E-state index in [4.69, 9.17) is 0 Å². The molecule has 2 aromatic rings. The first kappa shape index (κ1) is 12.6. The molecule has 0 radical (unpaired) electrons. The average molecular weight is 359 g/mol. The van der Waals surface area contributed by atoms with Crippen molar-refractivity contribution in [3.05, 3.63) is 39.5 Å². The van der Waals surface area contributed by atoms with E-state index in [1.54, 1.807) is 6.20 Å². The Morgan fingerprint density at radius 3 is 2.47 bits per heavy atom. The normalized spacial score (nSPS) is 10.9. The van der Waals surface area contributed by atoms with Crippen molar-refractivity contribution in [1.82, 2.24) is 9.55 Å². The van der Waals surface area contributed by atoms with Crippen LogP contribution in [0.2, 0.25) is 0 Å². The first-order chi connectivity index (χ1) is 8.09. The molecule has 0 aliphatic rings. The van der Waals surface area contributed by atoms with Crippen LogP contribution in [0.5, 0.6) is 0 Å². The molecule has 5 heteroatoms. The van der Waals surface area contributed by atoms with Crippen LogP contribution in [0.4, 0.5) is 11.6 Å². The fraction of sp³-hybridized carbons (Fsp3) is 0.250. The Balaban J connectivity index is 2.35. The third kappa shape index (κ3) is 2.72. The number of rotatable bonds is 3. The van der Waals surface area contributed by atoms with Gasteiger partial charge in [-0.05, 0) is 57.8 Å². The predicted octanol–water partition coefficient (Wildman–Crippen LogP) is 4.73. The second kappa shape index (κ2) is 5.23. The highest BCUT2D eigenvalue weighted by Crippen LogP contribution is 2.33. The largest absolute Gasteiger partial charge is 0.324 e. The summed E-state index contributed by atoms with van der Waals surface area (Å²) in [4.78, 5) is 4.33. The molecule has 1 aromatic carbocycles. The van der Waals surface area contributed by atoms with Gasteiger partial charge in [0.2, 0.25) is 5.95 Å². The van der Waals surface area contributed by atoms with Crippen molar-refractivity contribution in [1.29, 1.82) is 0 Å². The van der Waals surface area contributed by atoms with Gasteiger partial charge < -0.3 is 9.88 Å². The standard InChI is InChI=1S/C12H13Br2N3/c1-8(2)17-7-6-15-12(17)16-11-9(13)4-3-5-10(11)14/h3-8H,1-2H3,(H,15,16). The summed E-state index contributed by atoms with van der Waals surface area (Å²) in [7, 11) is 0. The van der Waals surface area contributed by atoms with E-state index in [1.807, 2.05) is 24.4 Å². The number of halogens is 2. The van der Waals surface area contributed by atoms with Crippen LogP contribution in [0.3, 0.4) is 0 Å². The summed E-state index contributed by atoms with van der Waals surface area (Å²) in [6, 6.07) is 6.35. The highest BCUT2D eigenvalue weighted by atomic mass is 79.9. The topological polar surface area (TPSA) is 29.9 Å². The lowest BCUT2D eigenvalue weighted by Crippen LogP contribution is -2.05. The lowest BCUT2D eigenvalue weighted by Gasteiger charge is -2.14. The van der Waals surface area contributed by atoms with Gasteiger partial charge in [-0.2, -0.15) is 0 Å². The first-order valence-electron chi connectivity index (χ1n) is 5.33. The van der Waals surface area contributed by atoms with Crippen LogP contribution in [0.1, 0.15) is 19.9 Å². The van der Waals surface area contributed by atoms with Crippen LogP contribution in [0.15, 0.2) is 39.5 Å². The van der Waals surface area contributed by atoms with E-state index >= 15 is 0 Å². The first-order valence-corrected chi connectivity index (χ1v) is 6.92. The van der Waals surface area contributed by atoms with Gasteiger partial charge in [0.25, 0.3) is 0 Å². The molecule has 0 aliphatic heterocycles. The lowest BCUT2D eigenvalue weighted by molar-refractivity contribution is 0.608. The maximum absolute atomic E-state index is 4.33. The molecule has 0 fully saturated rings. The van der Waals surface area contributed by atoms with Crippen LogP contribution in [0, 0.1) is 0 Å². The molecular formula is C12H13Br2N3. The SMILES string of the molecule is CC(C)n1ccnc1Nc1c(Br)cccc1Br. The minimum Gasteiger partial charge on any atom is -0.324 e. The fourth-order valence-corrected chi connectivity index (χ4v) is 2.75. The highest BCUT2D eigenvalue weighted by Gasteiger charge is 2.10. The molecule has 2 rings (SSSR count). The molecule has 0 unspecified atom stereocenters. The number of nitrogens with one attached hydrogen (secondary N) is 1. The molecule has 1 aromatic heterocycles. The van der Waals surface area contributed by atoms with Crippen LogP contribution >= 0.6 is 31.9 Å². The Morgan fingerprint density at radius 2 is 1.88 bits per heavy atom. The zero-order valence-corrected chi connectivity index (χ0v) is 12.8. The summed E-state index contributed by atoms with van der Waals surface area (Å²) in [6.07, 6.45) is 3.77. The number of anilines is 2. The van der Waals surface area contributed by atoms with Gasteiger partial charge in [-0.1, -0.05) is 6.07 Å². The molecule has 90 valence electrons. The Hall–Kier alpha value is -0.810. The molecule has 0 amide bonds. The quantitative estimate of drug-likeness (QED) is 0.859. The second-order valence-electron chi connectivity index (χ2n) is 3.97. The van der Waals surface area contributed by atoms with Gasteiger partial charge in [-0.3, -0.25) is 0 Å². The molecule has 3 nitrogen and oxygen atoms in total. The van der Waals surface area contributed by atoms with Crippen molar-refractivity contribution in [3.63, 3.8) is 0 Å². The van der Waals surface area contributed by atoms with Crippen LogP contribution < -0.4 is 5.32 Å². The van der Waals surface area contributed by atoms with Crippen molar-refractivity contribution in [3.8, 4) is 0 Å². The zero-order chi connectivity index (χ0) is 12.4. The summed E-state index contributed by atoms with van der Waals surface area (Å²) >= 11 is 7.05. The average Bonchev–Trinajstić information content (AvgIpc) is 2.72. The molecular weight excluding hydrogens is 346 g/mol. The number of imidazole rings is 1. The van der Waals surface area contributed by atoms with Crippen molar-refractivity contribution >= 4 is 43.5 Å². The Bertz CT molecular complexity index is 500. The van der Waals surface area contributed by atoms with E-state index in [0.29, 0.717) is 6.04 Å². The molecule has 0 atom stereocenters. The van der Waals surface area contributed by atoms with Gasteiger partial charge in [-0.15, -0.1) is 0 Å². The lowest BCUT2D eigenvalue weighted by atomic mass is 10.3. The Labute approximate surface area is 118 Å². The third-order valence-corrected chi connectivity index (χ3v) is 3.75. The predicted molar refractivity (Wildman–Crippen MR) is 77.7 cm³/mol. The molecule has 1 heterocycles. The van der Waals surface area contributed by atoms with E-state index in [2.05, 4.69) is 60.6 Å². The fourth-order valence-electron chi connectivity index (χ4n) is 1.56. The highest BCUT2D eigenvalue weighted by molar-refractivity contribution is 9.11. The minimum absolute atomic E-state index is 0.376. The summed E-state index contributed by atoms with van der Waals surface area (Å²) in [5, 5.41) is 3.33. The van der Waals surface area contributed by atoms with Crippen molar-refractivity contribution in [2.75, 3.05) is 5.32 Å². The monoisotopic (exact) mass is 357 g/mol. The molecule has 0 saturated heterocycles. The Kier molecular flexibility index (Phi) is 3.89. The van der Waals surface area contributed by atoms with Gasteiger partial charge in [0, 0.05) is 27.4 Å². The molecule has 0 saturated carbocycles. The second-order valence-corrected chi connectivity index (χ2v) is 5.68. The summed E-state index contributed by atoms with van der Waals surface area (Å²) in [5.74, 6) is 0.840. The number of benzene rings is 1. The molecule has 17 heavy (non-hydrogen) atoms. The number of para-hydroxylation sites is 1. The van der Waals surface area contributed by atoms with E-state index in [9.17, 15) is 0 Å². The van der Waals surface area contributed by atoms with Gasteiger partial charge in [0.1, 0.15) is 0 Å². The van der Waals surface area contributed by atoms with E-state index in [0.717, 1.165) is 20.6 Å². The van der Waals surface area contributed by atoms with Crippen molar-refractivity contribution in [2.24, 2.45) is 0 Å². The van der Waals surface area contributed by atoms with Gasteiger partial charge >= 0.3 is 0 Å². The zero-order valence-electron chi connectivity index (χ0n) is 9.61. The maximum atomic E-state index is 4.33. The minimum atomic E-state index is 0.376. The number of aromatic nitrogens is 2. The summed E-state index contributed by atoms with van der Waals surface area (Å²) in [6.45, 7) is 4.25. The Morgan fingerprint density at radius 1 is 1.24 bits per heavy atom. The van der Waals surface area contributed by atoms with E-state index < -0.39 is 0 Å². The number of nitrogens with zero attached hydrogens (tertiary/aromatic N) is 2. The maximum Gasteiger partial charge on any atom is 0.207 e. The van der Waals surface area contributed by atoms with Crippen molar-refractivity contribution < 1.29 is 0 Å². The molecule has 0 aliphatic carbocycles. The summed E-state index contributed by atoms with van der Waals surface area (Å²) < 4.78 is 4.10. The number of hydrogen-bond donors (Lipinski definition) is 1. The van der Waals surface area contributed by atoms with Gasteiger partial charge in [-0.25, -0.2) is 4.98 Å². The van der Waals surface area contributed by atoms with Crippen molar-refractivity contribution in [2.45, 2.75) is 19.9 Å². The van der Waals surface area contributed by atoms with Crippen LogP contribution in [0.25, 0.3) is 0 Å². The van der Waals surface area contributed by atoms with E-state index in [-0.39, 0.29) is 0 Å². The molecule has 0 bridgehead atoms. The van der Waals surface area contributed by atoms with E-state index in [1.165, 1.54) is 0 Å². The van der Waals surface area contributed by atoms with Crippen LogP contribution in [-0.2, 0) is 0 Å². The van der Waals surface area contributed by atoms with Crippen LogP contribution in [-0.4, -0.2) is 9.55 Å². The smallest absolute Gasteiger partial charge is 0.207 e. The van der Waals surface area contributed by atoms with Gasteiger partial charge in [0.05, 0.1) is 5.69 Å². The summed E-state index contributed by atoms with van der Waals surface area (Å²) in [5.41, 5.74) is 0.987. The number of hydrogen-bond acceptors (Lipinski definition) is 2. The molecule has 0 spiro atoms. The molecule has 1 N–H and O–H groups in total.